The Hall–Kier alpha value is 1.19. The van der Waals surface area contributed by atoms with Crippen LogP contribution in [-0.2, 0) is 0 Å². The number of hydrogen-bond donors (Lipinski definition) is 0. The summed E-state index contributed by atoms with van der Waals surface area (Å²) in [5.41, 5.74) is 0. The van der Waals surface area contributed by atoms with E-state index in [9.17, 15) is 0 Å². The summed E-state index contributed by atoms with van der Waals surface area (Å²) in [6.07, 6.45) is 1.39. The summed E-state index contributed by atoms with van der Waals surface area (Å²) in [6.45, 7) is 0. The fourth-order valence-corrected chi connectivity index (χ4v) is 0.354. The molecule has 0 aromatic carbocycles. The van der Waals surface area contributed by atoms with Crippen LogP contribution in [0.4, 0.5) is 0 Å². The van der Waals surface area contributed by atoms with Crippen molar-refractivity contribution in [3.8, 4) is 0 Å². The van der Waals surface area contributed by atoms with E-state index in [1.165, 1.54) is 16.6 Å². The molecular weight excluding hydrogens is 49.9 g/mol. The predicted molar refractivity (Wildman–Crippen MR) is 25.7 cm³/mol. The number of hydrogen-bond acceptors (Lipinski definition) is 0. The molecule has 20 valence electrons. The average Bonchev–Trinajstić information content (AvgIpc) is 1.41. The zero-order valence-electron chi connectivity index (χ0n) is 4.12. The molecule has 0 saturated heterocycles. The van der Waals surface area contributed by atoms with Gasteiger partial charge in [0.2, 0.25) is 0 Å². The summed E-state index contributed by atoms with van der Waals surface area (Å²) in [5.74, 6) is 0. The van der Waals surface area contributed by atoms with Crippen molar-refractivity contribution in [2.45, 2.75) is 16.6 Å². The molecule has 0 N–H and O–H groups in total. The van der Waals surface area contributed by atoms with Crippen LogP contribution in [-0.4, -0.2) is 35.4 Å². The Kier molecular flexibility index (Phi) is 6.44. The maximum absolute atomic E-state index is 2.21. The molecule has 0 aromatic rings. The summed E-state index contributed by atoms with van der Waals surface area (Å²) in [6, 6.07) is 0. The van der Waals surface area contributed by atoms with Gasteiger partial charge in [-0.2, -0.15) is 0 Å². The molecule has 0 aromatic heterocycles. The molecule has 0 radical (unpaired) electrons. The third-order valence-corrected chi connectivity index (χ3v) is 0.707. The summed E-state index contributed by atoms with van der Waals surface area (Å²) >= 11 is 4.42. The molecule has 0 aliphatic carbocycles. The van der Waals surface area contributed by atoms with Gasteiger partial charge in [-0.1, -0.05) is 0 Å². The second-order valence-electron chi connectivity index (χ2n) is 1.35. The molecule has 0 unspecified atom stereocenters. The molecule has 0 fully saturated rings. The van der Waals surface area contributed by atoms with E-state index in [0.29, 0.717) is 0 Å². The maximum atomic E-state index is 2.21. The minimum atomic E-state index is 1.34. The topological polar surface area (TPSA) is 0 Å². The van der Waals surface area contributed by atoms with Crippen molar-refractivity contribution in [3.63, 3.8) is 0 Å². The van der Waals surface area contributed by atoms with Crippen LogP contribution in [0.3, 0.4) is 0 Å². The third kappa shape index (κ3) is 5.19. The zero-order chi connectivity index (χ0) is 4.12. The Morgan fingerprint density at radius 3 is 1.40 bits per heavy atom. The van der Waals surface area contributed by atoms with Crippen LogP contribution in [0.15, 0.2) is 0 Å². The van der Waals surface area contributed by atoms with Crippen LogP contribution < -0.4 is 0 Å². The van der Waals surface area contributed by atoms with Gasteiger partial charge in [-0.15, -0.1) is 0 Å². The van der Waals surface area contributed by atoms with E-state index < -0.39 is 0 Å². The van der Waals surface area contributed by atoms with Gasteiger partial charge in [-0.25, -0.2) is 0 Å². The van der Waals surface area contributed by atoms with Gasteiger partial charge < -0.3 is 0 Å². The first-order valence-corrected chi connectivity index (χ1v) is 2.41. The molecule has 0 nitrogen and oxygen atoms in total. The molecule has 0 rings (SSSR count). The van der Waals surface area contributed by atoms with Gasteiger partial charge in [-0.3, -0.25) is 0 Å². The fourth-order valence-electron chi connectivity index (χ4n) is 0.354. The molecule has 0 atom stereocenters. The van der Waals surface area contributed by atoms with Crippen LogP contribution in [0.25, 0.3) is 0 Å². The molecular formula is C3H6Li2. The van der Waals surface area contributed by atoms with Crippen molar-refractivity contribution in [2.24, 2.45) is 0 Å². The van der Waals surface area contributed by atoms with Crippen molar-refractivity contribution in [3.05, 3.63) is 0 Å². The van der Waals surface area contributed by atoms with Gasteiger partial charge in [0.15, 0.2) is 0 Å². The second-order valence-corrected chi connectivity index (χ2v) is 1.35. The van der Waals surface area contributed by atoms with Crippen LogP contribution in [0.2, 0.25) is 10.2 Å². The quantitative estimate of drug-likeness (QED) is 0.405. The van der Waals surface area contributed by atoms with Crippen LogP contribution in [0.5, 0.6) is 0 Å². The summed E-state index contributed by atoms with van der Waals surface area (Å²) < 4.78 is 0. The van der Waals surface area contributed by atoms with E-state index in [0.717, 1.165) is 0 Å². The molecule has 0 saturated carbocycles. The Labute approximate surface area is 52.1 Å². The van der Waals surface area contributed by atoms with Crippen molar-refractivity contribution >= 4 is 35.4 Å². The van der Waals surface area contributed by atoms with Gasteiger partial charge in [0, 0.05) is 0 Å². The second kappa shape index (κ2) is 5.19. The third-order valence-electron chi connectivity index (χ3n) is 0.707. The van der Waals surface area contributed by atoms with Crippen molar-refractivity contribution in [1.82, 2.24) is 0 Å². The molecule has 0 bridgehead atoms. The van der Waals surface area contributed by atoms with E-state index in [2.05, 4.69) is 35.4 Å². The Morgan fingerprint density at radius 2 is 1.40 bits per heavy atom. The molecule has 0 heterocycles. The van der Waals surface area contributed by atoms with Gasteiger partial charge in [0.1, 0.15) is 0 Å². The monoisotopic (exact) mass is 56.1 g/mol. The first-order chi connectivity index (χ1) is 2.41. The van der Waals surface area contributed by atoms with E-state index in [4.69, 9.17) is 0 Å². The first-order valence-electron chi connectivity index (χ1n) is 2.41. The van der Waals surface area contributed by atoms with E-state index >= 15 is 0 Å². The molecule has 0 spiro atoms. The van der Waals surface area contributed by atoms with E-state index in [1.807, 2.05) is 0 Å². The van der Waals surface area contributed by atoms with Gasteiger partial charge in [0.05, 0.1) is 0 Å². The van der Waals surface area contributed by atoms with Crippen LogP contribution >= 0.6 is 0 Å². The Bertz CT molecular complexity index is 12.4. The van der Waals surface area contributed by atoms with Gasteiger partial charge in [-0.05, 0) is 0 Å². The molecule has 0 amide bonds. The standard InChI is InChI=1S/C3H6.2Li/c1-3-2;;/h1-3H2;;. The summed E-state index contributed by atoms with van der Waals surface area (Å²) in [4.78, 5) is 0. The van der Waals surface area contributed by atoms with Crippen LogP contribution in [0, 0.1) is 0 Å². The van der Waals surface area contributed by atoms with Gasteiger partial charge >= 0.3 is 52.0 Å². The van der Waals surface area contributed by atoms with Crippen molar-refractivity contribution < 1.29 is 0 Å². The molecule has 0 aliphatic rings. The molecule has 2 heteroatoms. The first kappa shape index (κ1) is 6.19. The number of rotatable bonds is 2. The van der Waals surface area contributed by atoms with Crippen molar-refractivity contribution in [2.75, 3.05) is 0 Å². The normalized spacial score (nSPS) is 8.80. The predicted octanol–water partition coefficient (Wildman–Crippen LogP) is 0.550. The summed E-state index contributed by atoms with van der Waals surface area (Å²) in [7, 11) is 0. The summed E-state index contributed by atoms with van der Waals surface area (Å²) in [5, 5.41) is 2.69. The van der Waals surface area contributed by atoms with Crippen LogP contribution in [0.1, 0.15) is 6.42 Å². The SMILES string of the molecule is [Li][CH2]C[CH2][Li]. The molecule has 0 aliphatic heterocycles. The van der Waals surface area contributed by atoms with Gasteiger partial charge in [0.25, 0.3) is 0 Å². The minimum absolute atomic E-state index is 1.34. The Morgan fingerprint density at radius 1 is 1.00 bits per heavy atom. The zero-order valence-corrected chi connectivity index (χ0v) is 4.12. The average molecular weight is 56.0 g/mol. The van der Waals surface area contributed by atoms with E-state index in [-0.39, 0.29) is 0 Å². The van der Waals surface area contributed by atoms with E-state index in [1.54, 1.807) is 0 Å². The van der Waals surface area contributed by atoms with Crippen molar-refractivity contribution in [1.29, 1.82) is 0 Å². The fraction of sp³-hybridized carbons (Fsp3) is 1.00. The Balaban J connectivity index is 2.19. The molecule has 5 heavy (non-hydrogen) atoms.